The number of unbranched alkanes of at least 4 members (excludes halogenated alkanes) is 32. The Labute approximate surface area is 458 Å². The minimum Gasteiger partial charge on any atom is -0.456 e. The van der Waals surface area contributed by atoms with E-state index in [0.717, 1.165) is 89.9 Å². The summed E-state index contributed by atoms with van der Waals surface area (Å²) >= 11 is 0. The number of hydrogen-bond donors (Lipinski definition) is 2. The van der Waals surface area contributed by atoms with Crippen LogP contribution in [0.2, 0.25) is 0 Å². The van der Waals surface area contributed by atoms with Crippen molar-refractivity contribution in [3.63, 3.8) is 0 Å². The molecule has 0 fully saturated rings. The number of rotatable bonds is 56. The average Bonchev–Trinajstić information content (AvgIpc) is 3.36. The lowest BCUT2D eigenvalue weighted by Crippen LogP contribution is -2.47. The maximum absolute atomic E-state index is 13.5. The summed E-state index contributed by atoms with van der Waals surface area (Å²) in [6, 6.07) is -0.853. The summed E-state index contributed by atoms with van der Waals surface area (Å²) in [6.45, 7) is 6.89. The topological polar surface area (TPSA) is 111 Å². The Kier molecular flexibility index (Phi) is 52.4. The molecular formula is C64H120N2O7P+. The molecule has 9 nitrogen and oxygen atoms in total. The van der Waals surface area contributed by atoms with Crippen LogP contribution in [0.15, 0.2) is 60.8 Å². The predicted octanol–water partition coefficient (Wildman–Crippen LogP) is 19.1. The van der Waals surface area contributed by atoms with Crippen LogP contribution in [0.3, 0.4) is 0 Å². The zero-order chi connectivity index (χ0) is 54.3. The van der Waals surface area contributed by atoms with Crippen molar-refractivity contribution in [2.24, 2.45) is 0 Å². The molecular weight excluding hydrogens is 940 g/mol. The summed E-state index contributed by atoms with van der Waals surface area (Å²) in [5.74, 6) is -0.511. The standard InChI is InChI=1S/C64H119N2O7P/c1-7-10-13-16-19-22-25-28-30-31-32-33-34-35-36-39-42-45-48-51-54-57-64(68)73-62(55-52-49-46-43-40-37-27-24-21-18-15-12-9-3)61(60-72-74(69,70)71-59-58-66(4,5)6)65-63(67)56-53-50-47-44-41-38-29-26-23-20-17-14-11-8-2/h11,14,19-20,22-23,28,30,52,55,61-62H,7-10,12-13,15-18,21,24-27,29,31-51,53-54,56-60H2,1-6H3,(H-,65,67,69,70)/p+1/b14-11+,22-19-,23-20+,30-28-,55-52-. The van der Waals surface area contributed by atoms with E-state index in [2.05, 4.69) is 74.7 Å². The second-order valence-corrected chi connectivity index (χ2v) is 23.6. The van der Waals surface area contributed by atoms with Crippen LogP contribution in [0.4, 0.5) is 0 Å². The molecule has 3 atom stereocenters. The van der Waals surface area contributed by atoms with Gasteiger partial charge in [0.15, 0.2) is 0 Å². The van der Waals surface area contributed by atoms with Crippen LogP contribution >= 0.6 is 7.82 Å². The molecule has 0 aliphatic heterocycles. The average molecular weight is 1060 g/mol. The van der Waals surface area contributed by atoms with Crippen LogP contribution in [-0.2, 0) is 27.9 Å². The lowest BCUT2D eigenvalue weighted by molar-refractivity contribution is -0.870. The molecule has 0 radical (unpaired) electrons. The molecule has 0 rings (SSSR count). The molecule has 74 heavy (non-hydrogen) atoms. The van der Waals surface area contributed by atoms with Crippen molar-refractivity contribution in [1.29, 1.82) is 0 Å². The smallest absolute Gasteiger partial charge is 0.456 e. The maximum atomic E-state index is 13.5. The van der Waals surface area contributed by atoms with Gasteiger partial charge in [0.2, 0.25) is 5.91 Å². The highest BCUT2D eigenvalue weighted by atomic mass is 31.2. The first-order chi connectivity index (χ1) is 35.9. The van der Waals surface area contributed by atoms with Gasteiger partial charge in [0.05, 0.1) is 33.8 Å². The molecule has 0 heterocycles. The SMILES string of the molecule is CC/C=C/C/C=C/CCCCCCCCCC(=O)NC(COP(=O)(O)OCC[N+](C)(C)C)C(/C=C\CCCCCCCCCCCCC)OC(=O)CCCCCCCCCCCCC/C=C\C/C=C\CCCCC. The highest BCUT2D eigenvalue weighted by molar-refractivity contribution is 7.47. The van der Waals surface area contributed by atoms with Gasteiger partial charge in [0, 0.05) is 12.8 Å². The quantitative estimate of drug-likeness (QED) is 0.0205. The molecule has 0 saturated heterocycles. The van der Waals surface area contributed by atoms with E-state index in [1.807, 2.05) is 33.3 Å². The zero-order valence-corrected chi connectivity index (χ0v) is 50.2. The van der Waals surface area contributed by atoms with E-state index >= 15 is 0 Å². The number of nitrogens with one attached hydrogen (secondary N) is 1. The number of phosphoric ester groups is 1. The second kappa shape index (κ2) is 54.1. The molecule has 3 unspecified atom stereocenters. The van der Waals surface area contributed by atoms with Crippen LogP contribution < -0.4 is 5.32 Å². The van der Waals surface area contributed by atoms with Gasteiger partial charge in [-0.25, -0.2) is 4.57 Å². The Morgan fingerprint density at radius 1 is 0.486 bits per heavy atom. The summed E-state index contributed by atoms with van der Waals surface area (Å²) in [5.41, 5.74) is 0. The normalized spacial score (nSPS) is 14.1. The number of carbonyl (C=O) groups is 2. The van der Waals surface area contributed by atoms with Crippen LogP contribution in [0.1, 0.15) is 284 Å². The molecule has 0 aromatic carbocycles. The van der Waals surface area contributed by atoms with Crippen LogP contribution in [0, 0.1) is 0 Å². The number of nitrogens with zero attached hydrogens (tertiary/aromatic N) is 1. The van der Waals surface area contributed by atoms with Gasteiger partial charge in [-0.3, -0.25) is 18.6 Å². The van der Waals surface area contributed by atoms with Crippen molar-refractivity contribution in [3.8, 4) is 0 Å². The Bertz CT molecular complexity index is 1450. The third-order valence-corrected chi connectivity index (χ3v) is 14.7. The highest BCUT2D eigenvalue weighted by Crippen LogP contribution is 2.43. The van der Waals surface area contributed by atoms with Gasteiger partial charge in [-0.2, -0.15) is 0 Å². The molecule has 0 spiro atoms. The number of quaternary nitrogens is 1. The Morgan fingerprint density at radius 3 is 1.31 bits per heavy atom. The van der Waals surface area contributed by atoms with Crippen molar-refractivity contribution in [2.75, 3.05) is 40.9 Å². The van der Waals surface area contributed by atoms with E-state index in [1.54, 1.807) is 0 Å². The van der Waals surface area contributed by atoms with Gasteiger partial charge >= 0.3 is 13.8 Å². The molecule has 0 aromatic heterocycles. The summed E-state index contributed by atoms with van der Waals surface area (Å²) in [4.78, 5) is 37.7. The minimum absolute atomic E-state index is 0.0375. The lowest BCUT2D eigenvalue weighted by atomic mass is 10.0. The van der Waals surface area contributed by atoms with E-state index in [9.17, 15) is 19.0 Å². The van der Waals surface area contributed by atoms with Crippen LogP contribution in [0.5, 0.6) is 0 Å². The molecule has 0 aromatic rings. The number of allylic oxidation sites excluding steroid dienone is 9. The maximum Gasteiger partial charge on any atom is 0.472 e. The molecule has 0 aliphatic rings. The third-order valence-electron chi connectivity index (χ3n) is 13.7. The van der Waals surface area contributed by atoms with Gasteiger partial charge < -0.3 is 19.4 Å². The zero-order valence-electron chi connectivity index (χ0n) is 49.3. The number of amides is 1. The number of phosphoric acid groups is 1. The molecule has 1 amide bonds. The van der Waals surface area contributed by atoms with E-state index < -0.39 is 20.0 Å². The van der Waals surface area contributed by atoms with Crippen LogP contribution in [0.25, 0.3) is 0 Å². The van der Waals surface area contributed by atoms with E-state index in [4.69, 9.17) is 13.8 Å². The molecule has 2 N–H and O–H groups in total. The minimum atomic E-state index is -4.45. The number of ether oxygens (including phenoxy) is 1. The number of hydrogen-bond acceptors (Lipinski definition) is 6. The summed E-state index contributed by atoms with van der Waals surface area (Å²) in [5, 5.41) is 3.05. The van der Waals surface area contributed by atoms with E-state index in [1.165, 1.54) is 161 Å². The monoisotopic (exact) mass is 1060 g/mol. The first-order valence-electron chi connectivity index (χ1n) is 31.1. The summed E-state index contributed by atoms with van der Waals surface area (Å²) in [7, 11) is 1.49. The van der Waals surface area contributed by atoms with Gasteiger partial charge in [-0.05, 0) is 89.5 Å². The van der Waals surface area contributed by atoms with E-state index in [0.29, 0.717) is 17.4 Å². The highest BCUT2D eigenvalue weighted by Gasteiger charge is 2.30. The lowest BCUT2D eigenvalue weighted by Gasteiger charge is -2.27. The Hall–Kier alpha value is -2.29. The largest absolute Gasteiger partial charge is 0.472 e. The number of carbonyl (C=O) groups excluding carboxylic acids is 2. The molecule has 432 valence electrons. The van der Waals surface area contributed by atoms with Crippen molar-refractivity contribution in [3.05, 3.63) is 60.8 Å². The first-order valence-corrected chi connectivity index (χ1v) is 32.6. The predicted molar refractivity (Wildman–Crippen MR) is 318 cm³/mol. The first kappa shape index (κ1) is 71.7. The Morgan fingerprint density at radius 2 is 0.865 bits per heavy atom. The fourth-order valence-electron chi connectivity index (χ4n) is 8.89. The molecule has 0 bridgehead atoms. The summed E-state index contributed by atoms with van der Waals surface area (Å²) in [6.07, 6.45) is 67.8. The van der Waals surface area contributed by atoms with E-state index in [-0.39, 0.29) is 31.5 Å². The summed E-state index contributed by atoms with van der Waals surface area (Å²) < 4.78 is 30.7. The fourth-order valence-corrected chi connectivity index (χ4v) is 9.63. The third kappa shape index (κ3) is 54.5. The number of esters is 1. The Balaban J connectivity index is 5.24. The van der Waals surface area contributed by atoms with Crippen molar-refractivity contribution in [2.45, 2.75) is 296 Å². The fraction of sp³-hybridized carbons (Fsp3) is 0.812. The molecule has 0 aliphatic carbocycles. The molecule has 0 saturated carbocycles. The number of likely N-dealkylation sites (N-methyl/N-ethyl adjacent to an activating group) is 1. The van der Waals surface area contributed by atoms with Crippen LogP contribution in [-0.4, -0.2) is 74.3 Å². The van der Waals surface area contributed by atoms with Gasteiger partial charge in [0.1, 0.15) is 19.3 Å². The van der Waals surface area contributed by atoms with Crippen molar-refractivity contribution in [1.82, 2.24) is 5.32 Å². The van der Waals surface area contributed by atoms with Crippen molar-refractivity contribution < 1.29 is 37.3 Å². The second-order valence-electron chi connectivity index (χ2n) is 22.2. The van der Waals surface area contributed by atoms with Gasteiger partial charge in [-0.1, -0.05) is 242 Å². The van der Waals surface area contributed by atoms with Gasteiger partial charge in [-0.15, -0.1) is 0 Å². The van der Waals surface area contributed by atoms with Gasteiger partial charge in [0.25, 0.3) is 0 Å². The van der Waals surface area contributed by atoms with Crippen molar-refractivity contribution >= 4 is 19.7 Å². The molecule has 10 heteroatoms.